The fourth-order valence-electron chi connectivity index (χ4n) is 2.63. The summed E-state index contributed by atoms with van der Waals surface area (Å²) in [6, 6.07) is 8.81. The molecule has 4 rings (SSSR count). The Labute approximate surface area is 136 Å². The smallest absolute Gasteiger partial charge is 0.188 e. The van der Waals surface area contributed by atoms with Crippen LogP contribution in [0.2, 0.25) is 0 Å². The molecule has 0 saturated carbocycles. The highest BCUT2D eigenvalue weighted by atomic mass is 19.1. The first-order chi connectivity index (χ1) is 11.7. The third-order valence-electron chi connectivity index (χ3n) is 3.90. The molecule has 0 aliphatic rings. The number of aryl methyl sites for hydroxylation is 1. The molecule has 3 aromatic heterocycles. The van der Waals surface area contributed by atoms with E-state index in [1.165, 1.54) is 6.07 Å². The van der Waals surface area contributed by atoms with Gasteiger partial charge in [0, 0.05) is 12.1 Å². The Balaban J connectivity index is 1.69. The van der Waals surface area contributed by atoms with Crippen LogP contribution in [0.15, 0.2) is 49.1 Å². The van der Waals surface area contributed by atoms with Gasteiger partial charge in [-0.2, -0.15) is 0 Å². The molecule has 0 radical (unpaired) electrons. The highest BCUT2D eigenvalue weighted by Gasteiger charge is 2.11. The second-order valence-electron chi connectivity index (χ2n) is 5.36. The van der Waals surface area contributed by atoms with E-state index in [0.29, 0.717) is 17.8 Å². The van der Waals surface area contributed by atoms with E-state index >= 15 is 0 Å². The van der Waals surface area contributed by atoms with Gasteiger partial charge in [0.25, 0.3) is 0 Å². The summed E-state index contributed by atoms with van der Waals surface area (Å²) >= 11 is 0. The van der Waals surface area contributed by atoms with Crippen LogP contribution in [0.4, 0.5) is 10.2 Å². The zero-order valence-corrected chi connectivity index (χ0v) is 12.9. The number of hydrogen-bond acceptors (Lipinski definition) is 5. The second-order valence-corrected chi connectivity index (χ2v) is 5.36. The molecule has 4 aromatic rings. The number of rotatable bonds is 4. The first kappa shape index (κ1) is 14.3. The third-order valence-corrected chi connectivity index (χ3v) is 3.90. The maximum Gasteiger partial charge on any atom is 0.188 e. The van der Waals surface area contributed by atoms with Crippen molar-refractivity contribution in [3.8, 4) is 5.69 Å². The van der Waals surface area contributed by atoms with Gasteiger partial charge in [0.15, 0.2) is 5.65 Å². The summed E-state index contributed by atoms with van der Waals surface area (Å²) in [6.45, 7) is 2.26. The van der Waals surface area contributed by atoms with Gasteiger partial charge in [0.05, 0.1) is 12.4 Å². The molecular formula is C16H14FN7. The highest BCUT2D eigenvalue weighted by Crippen LogP contribution is 2.20. The molecule has 0 unspecified atom stereocenters. The lowest BCUT2D eigenvalue weighted by Crippen LogP contribution is -2.08. The Kier molecular flexibility index (Phi) is 3.42. The molecule has 8 heteroatoms. The van der Waals surface area contributed by atoms with Crippen LogP contribution in [0.1, 0.15) is 11.1 Å². The normalized spacial score (nSPS) is 11.1. The average molecular weight is 323 g/mol. The van der Waals surface area contributed by atoms with Gasteiger partial charge in [-0.05, 0) is 30.7 Å². The maximum absolute atomic E-state index is 14.0. The van der Waals surface area contributed by atoms with E-state index in [0.717, 1.165) is 17.1 Å². The molecule has 0 spiro atoms. The zero-order chi connectivity index (χ0) is 16.5. The first-order valence-corrected chi connectivity index (χ1v) is 7.41. The van der Waals surface area contributed by atoms with E-state index in [2.05, 4.69) is 25.8 Å². The fraction of sp³-hybridized carbons (Fsp3) is 0.125. The fourth-order valence-corrected chi connectivity index (χ4v) is 2.63. The molecule has 0 atom stereocenters. The van der Waals surface area contributed by atoms with Crippen molar-refractivity contribution in [2.75, 3.05) is 5.32 Å². The summed E-state index contributed by atoms with van der Waals surface area (Å²) in [6.07, 6.45) is 4.94. The predicted octanol–water partition coefficient (Wildman–Crippen LogP) is 2.37. The van der Waals surface area contributed by atoms with Gasteiger partial charge >= 0.3 is 0 Å². The summed E-state index contributed by atoms with van der Waals surface area (Å²) in [5.41, 5.74) is 2.94. The minimum atomic E-state index is -0.221. The number of aromatic nitrogens is 6. The van der Waals surface area contributed by atoms with Crippen LogP contribution in [0.5, 0.6) is 0 Å². The van der Waals surface area contributed by atoms with Gasteiger partial charge in [-0.3, -0.25) is 4.40 Å². The SMILES string of the molecule is Cc1cccc(F)c1CNc1ccc(-n2ccnn2)c2nncn12. The Morgan fingerprint density at radius 3 is 2.88 bits per heavy atom. The monoisotopic (exact) mass is 323 g/mol. The summed E-state index contributed by atoms with van der Waals surface area (Å²) < 4.78 is 17.4. The van der Waals surface area contributed by atoms with Crippen molar-refractivity contribution in [3.05, 3.63) is 66.0 Å². The van der Waals surface area contributed by atoms with Gasteiger partial charge in [-0.25, -0.2) is 9.07 Å². The van der Waals surface area contributed by atoms with Crippen LogP contribution in [-0.4, -0.2) is 29.6 Å². The summed E-state index contributed by atoms with van der Waals surface area (Å²) in [5.74, 6) is 0.545. The lowest BCUT2D eigenvalue weighted by molar-refractivity contribution is 0.611. The van der Waals surface area contributed by atoms with Crippen molar-refractivity contribution in [1.82, 2.24) is 29.6 Å². The highest BCUT2D eigenvalue weighted by molar-refractivity contribution is 5.63. The number of halogens is 1. The third kappa shape index (κ3) is 2.37. The molecular weight excluding hydrogens is 309 g/mol. The average Bonchev–Trinajstić information content (AvgIpc) is 3.26. The number of fused-ring (bicyclic) bond motifs is 1. The predicted molar refractivity (Wildman–Crippen MR) is 86.4 cm³/mol. The minimum absolute atomic E-state index is 0.221. The molecule has 24 heavy (non-hydrogen) atoms. The van der Waals surface area contributed by atoms with E-state index in [9.17, 15) is 4.39 Å². The van der Waals surface area contributed by atoms with Crippen LogP contribution < -0.4 is 5.32 Å². The quantitative estimate of drug-likeness (QED) is 0.624. The minimum Gasteiger partial charge on any atom is -0.367 e. The van der Waals surface area contributed by atoms with Crippen LogP contribution in [-0.2, 0) is 6.54 Å². The van der Waals surface area contributed by atoms with E-state index in [4.69, 9.17) is 0 Å². The van der Waals surface area contributed by atoms with E-state index < -0.39 is 0 Å². The lowest BCUT2D eigenvalue weighted by Gasteiger charge is -2.12. The number of nitrogens with zero attached hydrogens (tertiary/aromatic N) is 6. The van der Waals surface area contributed by atoms with Crippen LogP contribution in [0.25, 0.3) is 11.3 Å². The summed E-state index contributed by atoms with van der Waals surface area (Å²) in [7, 11) is 0. The number of benzene rings is 1. The van der Waals surface area contributed by atoms with Crippen molar-refractivity contribution in [2.45, 2.75) is 13.5 Å². The standard InChI is InChI=1S/C16H14FN7/c1-11-3-2-4-13(17)12(11)9-18-15-6-5-14(24-8-7-19-22-24)16-21-20-10-23(15)16/h2-8,10,18H,9H2,1H3. The Hall–Kier alpha value is -3.29. The van der Waals surface area contributed by atoms with Crippen molar-refractivity contribution >= 4 is 11.5 Å². The Morgan fingerprint density at radius 1 is 1.17 bits per heavy atom. The van der Waals surface area contributed by atoms with E-state index in [1.807, 2.05) is 25.1 Å². The van der Waals surface area contributed by atoms with E-state index in [1.54, 1.807) is 33.9 Å². The van der Waals surface area contributed by atoms with Gasteiger partial charge in [-0.1, -0.05) is 17.3 Å². The molecule has 7 nitrogen and oxygen atoms in total. The molecule has 0 amide bonds. The molecule has 0 fully saturated rings. The van der Waals surface area contributed by atoms with Crippen molar-refractivity contribution in [3.63, 3.8) is 0 Å². The molecule has 1 aromatic carbocycles. The van der Waals surface area contributed by atoms with Gasteiger partial charge in [0.1, 0.15) is 23.6 Å². The number of nitrogens with one attached hydrogen (secondary N) is 1. The number of hydrogen-bond donors (Lipinski definition) is 1. The Bertz CT molecular complexity index is 971. The topological polar surface area (TPSA) is 72.9 Å². The van der Waals surface area contributed by atoms with Gasteiger partial charge in [-0.15, -0.1) is 15.3 Å². The molecule has 0 saturated heterocycles. The van der Waals surface area contributed by atoms with Gasteiger partial charge < -0.3 is 5.32 Å². The number of pyridine rings is 1. The van der Waals surface area contributed by atoms with Crippen molar-refractivity contribution < 1.29 is 4.39 Å². The molecule has 0 aliphatic heterocycles. The number of anilines is 1. The zero-order valence-electron chi connectivity index (χ0n) is 12.9. The molecule has 1 N–H and O–H groups in total. The van der Waals surface area contributed by atoms with Crippen LogP contribution >= 0.6 is 0 Å². The second kappa shape index (κ2) is 5.73. The van der Waals surface area contributed by atoms with Gasteiger partial charge in [0.2, 0.25) is 0 Å². The first-order valence-electron chi connectivity index (χ1n) is 7.41. The lowest BCUT2D eigenvalue weighted by atomic mass is 10.1. The molecule has 120 valence electrons. The van der Waals surface area contributed by atoms with E-state index in [-0.39, 0.29) is 5.82 Å². The summed E-state index contributed by atoms with van der Waals surface area (Å²) in [4.78, 5) is 0. The van der Waals surface area contributed by atoms with Crippen LogP contribution in [0.3, 0.4) is 0 Å². The molecule has 0 bridgehead atoms. The van der Waals surface area contributed by atoms with Crippen LogP contribution in [0, 0.1) is 12.7 Å². The largest absolute Gasteiger partial charge is 0.367 e. The molecule has 3 heterocycles. The maximum atomic E-state index is 14.0. The molecule has 0 aliphatic carbocycles. The summed E-state index contributed by atoms with van der Waals surface area (Å²) in [5, 5.41) is 19.1. The van der Waals surface area contributed by atoms with Crippen molar-refractivity contribution in [1.29, 1.82) is 0 Å². The van der Waals surface area contributed by atoms with Crippen molar-refractivity contribution in [2.24, 2.45) is 0 Å². The Morgan fingerprint density at radius 2 is 2.08 bits per heavy atom.